The molecule has 0 radical (unpaired) electrons. The number of nitrogens with one attached hydrogen (secondary N) is 1. The average molecular weight is 225 g/mol. The Kier molecular flexibility index (Phi) is 3.79. The predicted octanol–water partition coefficient (Wildman–Crippen LogP) is 2.27. The molecule has 0 aromatic heterocycles. The summed E-state index contributed by atoms with van der Waals surface area (Å²) in [5.41, 5.74) is 0.208. The zero-order valence-electron chi connectivity index (χ0n) is 10.8. The molecule has 92 valence electrons. The lowest BCUT2D eigenvalue weighted by atomic mass is 9.76. The van der Waals surface area contributed by atoms with E-state index >= 15 is 0 Å². The van der Waals surface area contributed by atoms with Crippen molar-refractivity contribution in [3.05, 3.63) is 12.7 Å². The Hall–Kier alpha value is -0.830. The molecule has 0 unspecified atom stereocenters. The van der Waals surface area contributed by atoms with Crippen molar-refractivity contribution < 1.29 is 9.53 Å². The smallest absolute Gasteiger partial charge is 0.330 e. The fourth-order valence-corrected chi connectivity index (χ4v) is 2.91. The normalized spacial score (nSPS) is 23.8. The minimum Gasteiger partial charge on any atom is -0.462 e. The first-order chi connectivity index (χ1) is 7.24. The third kappa shape index (κ3) is 3.97. The van der Waals surface area contributed by atoms with Gasteiger partial charge in [-0.05, 0) is 46.5 Å². The van der Waals surface area contributed by atoms with Gasteiger partial charge in [0.15, 0.2) is 0 Å². The minimum atomic E-state index is -0.325. The van der Waals surface area contributed by atoms with Crippen molar-refractivity contribution >= 4 is 5.97 Å². The molecule has 0 spiro atoms. The highest BCUT2D eigenvalue weighted by molar-refractivity contribution is 5.81. The average Bonchev–Trinajstić information content (AvgIpc) is 2.09. The summed E-state index contributed by atoms with van der Waals surface area (Å²) in [6, 6.07) is 0. The number of rotatable bonds is 3. The quantitative estimate of drug-likeness (QED) is 0.591. The van der Waals surface area contributed by atoms with Crippen LogP contribution in [0.2, 0.25) is 0 Å². The van der Waals surface area contributed by atoms with Gasteiger partial charge in [-0.2, -0.15) is 0 Å². The Bertz CT molecular complexity index is 266. The Morgan fingerprint density at radius 1 is 1.38 bits per heavy atom. The zero-order valence-corrected chi connectivity index (χ0v) is 10.8. The number of hydrogen-bond donors (Lipinski definition) is 1. The molecule has 1 saturated heterocycles. The number of piperidine rings is 1. The maximum Gasteiger partial charge on any atom is 0.330 e. The van der Waals surface area contributed by atoms with Gasteiger partial charge in [0.2, 0.25) is 0 Å². The molecule has 1 fully saturated rings. The highest BCUT2D eigenvalue weighted by atomic mass is 16.5. The van der Waals surface area contributed by atoms with Crippen LogP contribution in [0.25, 0.3) is 0 Å². The van der Waals surface area contributed by atoms with Crippen molar-refractivity contribution in [2.75, 3.05) is 6.61 Å². The van der Waals surface area contributed by atoms with Crippen LogP contribution < -0.4 is 5.32 Å². The van der Waals surface area contributed by atoms with Gasteiger partial charge in [-0.3, -0.25) is 0 Å². The Morgan fingerprint density at radius 2 is 1.88 bits per heavy atom. The minimum absolute atomic E-state index is 0.104. The molecule has 1 aliphatic heterocycles. The van der Waals surface area contributed by atoms with Gasteiger partial charge in [0.25, 0.3) is 0 Å². The lowest BCUT2D eigenvalue weighted by molar-refractivity contribution is -0.140. The summed E-state index contributed by atoms with van der Waals surface area (Å²) in [5.74, 6) is 0.101. The second kappa shape index (κ2) is 4.58. The molecule has 0 bridgehead atoms. The largest absolute Gasteiger partial charge is 0.462 e. The van der Waals surface area contributed by atoms with Gasteiger partial charge in [-0.15, -0.1) is 0 Å². The molecule has 0 aromatic carbocycles. The van der Waals surface area contributed by atoms with Gasteiger partial charge < -0.3 is 10.1 Å². The molecule has 0 aromatic rings. The van der Waals surface area contributed by atoms with Crippen LogP contribution in [-0.2, 0) is 9.53 Å². The van der Waals surface area contributed by atoms with Crippen molar-refractivity contribution in [1.82, 2.24) is 5.32 Å². The molecule has 16 heavy (non-hydrogen) atoms. The fourth-order valence-electron chi connectivity index (χ4n) is 2.91. The van der Waals surface area contributed by atoms with E-state index < -0.39 is 0 Å². The Balaban J connectivity index is 2.54. The molecule has 1 heterocycles. The van der Waals surface area contributed by atoms with E-state index in [0.717, 1.165) is 12.8 Å². The van der Waals surface area contributed by atoms with Gasteiger partial charge in [0.05, 0.1) is 6.61 Å². The van der Waals surface area contributed by atoms with E-state index in [1.807, 2.05) is 0 Å². The summed E-state index contributed by atoms with van der Waals surface area (Å²) in [7, 11) is 0. The van der Waals surface area contributed by atoms with Crippen molar-refractivity contribution in [2.24, 2.45) is 5.92 Å². The first kappa shape index (κ1) is 13.2. The highest BCUT2D eigenvalue weighted by Gasteiger charge is 2.37. The van der Waals surface area contributed by atoms with Crippen molar-refractivity contribution in [3.8, 4) is 0 Å². The molecule has 0 aliphatic carbocycles. The van der Waals surface area contributed by atoms with Gasteiger partial charge in [-0.1, -0.05) is 6.58 Å². The number of hydrogen-bond acceptors (Lipinski definition) is 3. The van der Waals surface area contributed by atoms with Gasteiger partial charge >= 0.3 is 5.97 Å². The number of carbonyl (C=O) groups excluding carboxylic acids is 1. The molecule has 1 rings (SSSR count). The second-order valence-corrected chi connectivity index (χ2v) is 6.00. The summed E-state index contributed by atoms with van der Waals surface area (Å²) in [5, 5.41) is 3.60. The van der Waals surface area contributed by atoms with E-state index in [-0.39, 0.29) is 17.0 Å². The molecule has 0 atom stereocenters. The summed E-state index contributed by atoms with van der Waals surface area (Å²) in [6.07, 6.45) is 3.28. The predicted molar refractivity (Wildman–Crippen MR) is 65.2 cm³/mol. The number of carbonyl (C=O) groups is 1. The standard InChI is InChI=1S/C13H23NO2/c1-6-11(15)16-9-10-7-12(2,3)14-13(4,5)8-10/h6,10,14H,1,7-9H2,2-5H3. The molecule has 0 saturated carbocycles. The van der Waals surface area contributed by atoms with E-state index in [9.17, 15) is 4.79 Å². The molecule has 3 heteroatoms. The van der Waals surface area contributed by atoms with Crippen LogP contribution in [0.4, 0.5) is 0 Å². The van der Waals surface area contributed by atoms with Crippen LogP contribution in [-0.4, -0.2) is 23.7 Å². The summed E-state index contributed by atoms with van der Waals surface area (Å²) in [4.78, 5) is 11.0. The maximum absolute atomic E-state index is 11.0. The van der Waals surface area contributed by atoms with Crippen molar-refractivity contribution in [1.29, 1.82) is 0 Å². The monoisotopic (exact) mass is 225 g/mol. The molecular formula is C13H23NO2. The van der Waals surface area contributed by atoms with Crippen LogP contribution in [0, 0.1) is 5.92 Å². The first-order valence-corrected chi connectivity index (χ1v) is 5.83. The molecular weight excluding hydrogens is 202 g/mol. The number of esters is 1. The van der Waals surface area contributed by atoms with Crippen molar-refractivity contribution in [3.63, 3.8) is 0 Å². The van der Waals surface area contributed by atoms with E-state index in [2.05, 4.69) is 39.6 Å². The van der Waals surface area contributed by atoms with Crippen molar-refractivity contribution in [2.45, 2.75) is 51.6 Å². The summed E-state index contributed by atoms with van der Waals surface area (Å²) < 4.78 is 5.13. The summed E-state index contributed by atoms with van der Waals surface area (Å²) >= 11 is 0. The van der Waals surface area contributed by atoms with E-state index in [1.165, 1.54) is 6.08 Å². The number of ether oxygens (including phenoxy) is 1. The molecule has 3 nitrogen and oxygen atoms in total. The zero-order chi connectivity index (χ0) is 12.4. The van der Waals surface area contributed by atoms with Gasteiger partial charge in [-0.25, -0.2) is 4.79 Å². The van der Waals surface area contributed by atoms with Crippen LogP contribution >= 0.6 is 0 Å². The topological polar surface area (TPSA) is 38.3 Å². The summed E-state index contributed by atoms with van der Waals surface area (Å²) in [6.45, 7) is 12.7. The third-order valence-corrected chi connectivity index (χ3v) is 2.90. The van der Waals surface area contributed by atoms with E-state index in [1.54, 1.807) is 0 Å². The third-order valence-electron chi connectivity index (χ3n) is 2.90. The second-order valence-electron chi connectivity index (χ2n) is 6.00. The maximum atomic E-state index is 11.0. The molecule has 1 aliphatic rings. The van der Waals surface area contributed by atoms with Gasteiger partial charge in [0, 0.05) is 17.2 Å². The van der Waals surface area contributed by atoms with Crippen LogP contribution in [0.1, 0.15) is 40.5 Å². The van der Waals surface area contributed by atoms with Gasteiger partial charge in [0.1, 0.15) is 0 Å². The Morgan fingerprint density at radius 3 is 2.31 bits per heavy atom. The van der Waals surface area contributed by atoms with Crippen LogP contribution in [0.15, 0.2) is 12.7 Å². The molecule has 0 amide bonds. The van der Waals surface area contributed by atoms with E-state index in [0.29, 0.717) is 12.5 Å². The SMILES string of the molecule is C=CC(=O)OCC1CC(C)(C)NC(C)(C)C1. The highest BCUT2D eigenvalue weighted by Crippen LogP contribution is 2.32. The lowest BCUT2D eigenvalue weighted by Crippen LogP contribution is -2.58. The first-order valence-electron chi connectivity index (χ1n) is 5.83. The van der Waals surface area contributed by atoms with Crippen LogP contribution in [0.3, 0.4) is 0 Å². The Labute approximate surface area is 98.2 Å². The van der Waals surface area contributed by atoms with Crippen LogP contribution in [0.5, 0.6) is 0 Å². The fraction of sp³-hybridized carbons (Fsp3) is 0.769. The van der Waals surface area contributed by atoms with E-state index in [4.69, 9.17) is 4.74 Å². The lowest BCUT2D eigenvalue weighted by Gasteiger charge is -2.46. The molecule has 1 N–H and O–H groups in total.